The molecule has 0 saturated heterocycles. The Bertz CT molecular complexity index is 938. The first kappa shape index (κ1) is 16.0. The molecule has 2 aromatic carbocycles. The van der Waals surface area contributed by atoms with E-state index in [1.54, 1.807) is 0 Å². The highest BCUT2D eigenvalue weighted by atomic mass is 79.9. The van der Waals surface area contributed by atoms with Crippen molar-refractivity contribution < 1.29 is 4.79 Å². The number of halogens is 1. The fourth-order valence-corrected chi connectivity index (χ4v) is 3.67. The fourth-order valence-electron chi connectivity index (χ4n) is 3.20. The van der Waals surface area contributed by atoms with Crippen LogP contribution in [0.3, 0.4) is 0 Å². The zero-order valence-corrected chi connectivity index (χ0v) is 15.2. The lowest BCUT2D eigenvalue weighted by Gasteiger charge is -2.22. The first-order valence-electron chi connectivity index (χ1n) is 8.06. The molecule has 0 aliphatic carbocycles. The highest BCUT2D eigenvalue weighted by molar-refractivity contribution is 9.10. The summed E-state index contributed by atoms with van der Waals surface area (Å²) in [5, 5.41) is 12.5. The predicted molar refractivity (Wildman–Crippen MR) is 98.0 cm³/mol. The number of tetrazole rings is 1. The third-order valence-corrected chi connectivity index (χ3v) is 5.01. The van der Waals surface area contributed by atoms with Crippen molar-refractivity contribution in [1.29, 1.82) is 0 Å². The van der Waals surface area contributed by atoms with Crippen molar-refractivity contribution in [2.24, 2.45) is 0 Å². The summed E-state index contributed by atoms with van der Waals surface area (Å²) in [5.74, 6) is 0.462. The van der Waals surface area contributed by atoms with E-state index in [1.807, 2.05) is 47.4 Å². The number of hydrogen-bond acceptors (Lipinski definition) is 4. The van der Waals surface area contributed by atoms with Gasteiger partial charge in [-0.1, -0.05) is 46.3 Å². The second-order valence-corrected chi connectivity index (χ2v) is 6.92. The van der Waals surface area contributed by atoms with Crippen LogP contribution in [0.25, 0.3) is 11.4 Å². The van der Waals surface area contributed by atoms with E-state index in [1.165, 1.54) is 10.4 Å². The van der Waals surface area contributed by atoms with Crippen molar-refractivity contribution in [3.63, 3.8) is 0 Å². The summed E-state index contributed by atoms with van der Waals surface area (Å²) in [4.78, 5) is 16.0. The summed E-state index contributed by atoms with van der Waals surface area (Å²) < 4.78 is 0.892. The Kier molecular flexibility index (Phi) is 4.09. The van der Waals surface area contributed by atoms with Gasteiger partial charge in [-0.2, -0.15) is 4.80 Å². The molecule has 1 atom stereocenters. The van der Waals surface area contributed by atoms with Gasteiger partial charge in [-0.3, -0.25) is 4.79 Å². The molecule has 0 spiro atoms. The van der Waals surface area contributed by atoms with Gasteiger partial charge in [0.2, 0.25) is 5.82 Å². The van der Waals surface area contributed by atoms with Crippen LogP contribution in [0.5, 0.6) is 0 Å². The van der Waals surface area contributed by atoms with Crippen molar-refractivity contribution in [2.45, 2.75) is 25.9 Å². The largest absolute Gasteiger partial charge is 0.307 e. The van der Waals surface area contributed by atoms with E-state index in [-0.39, 0.29) is 18.5 Å². The Morgan fingerprint density at radius 1 is 1.20 bits per heavy atom. The molecule has 1 aliphatic heterocycles. The van der Waals surface area contributed by atoms with Crippen LogP contribution in [-0.2, 0) is 17.8 Å². The minimum atomic E-state index is -0.0338. The summed E-state index contributed by atoms with van der Waals surface area (Å²) in [6.45, 7) is 2.12. The van der Waals surface area contributed by atoms with Gasteiger partial charge in [0.05, 0.1) is 0 Å². The van der Waals surface area contributed by atoms with Gasteiger partial charge in [-0.25, -0.2) is 0 Å². The molecule has 6 nitrogen and oxygen atoms in total. The molecule has 126 valence electrons. The monoisotopic (exact) mass is 397 g/mol. The summed E-state index contributed by atoms with van der Waals surface area (Å²) in [6.07, 6.45) is 0.870. The number of carbonyl (C=O) groups excluding carboxylic acids is 1. The first-order chi connectivity index (χ1) is 12.1. The SMILES string of the molecule is C[C@H]1Cc2ccccc2N1C(=O)Cn1nnc(-c2ccccc2Br)n1. The van der Waals surface area contributed by atoms with E-state index in [0.29, 0.717) is 5.82 Å². The average Bonchev–Trinajstić information content (AvgIpc) is 3.18. The van der Waals surface area contributed by atoms with E-state index in [9.17, 15) is 4.79 Å². The summed E-state index contributed by atoms with van der Waals surface area (Å²) >= 11 is 3.48. The molecule has 2 heterocycles. The predicted octanol–water partition coefficient (Wildman–Crippen LogP) is 3.08. The number of para-hydroxylation sites is 1. The smallest absolute Gasteiger partial charge is 0.250 e. The highest BCUT2D eigenvalue weighted by Crippen LogP contribution is 2.32. The number of carbonyl (C=O) groups is 1. The fraction of sp³-hybridized carbons (Fsp3) is 0.222. The zero-order valence-electron chi connectivity index (χ0n) is 13.6. The van der Waals surface area contributed by atoms with Crippen LogP contribution in [0.4, 0.5) is 5.69 Å². The van der Waals surface area contributed by atoms with Crippen molar-refractivity contribution in [1.82, 2.24) is 20.2 Å². The maximum Gasteiger partial charge on any atom is 0.250 e. The molecular weight excluding hydrogens is 382 g/mol. The van der Waals surface area contributed by atoms with Gasteiger partial charge < -0.3 is 4.90 Å². The van der Waals surface area contributed by atoms with Gasteiger partial charge >= 0.3 is 0 Å². The standard InChI is InChI=1S/C18H16BrN5O/c1-12-10-13-6-2-5-9-16(13)24(12)17(25)11-23-21-18(20-22-23)14-7-3-4-8-15(14)19/h2-9,12H,10-11H2,1H3/t12-/m0/s1. The van der Waals surface area contributed by atoms with Crippen LogP contribution in [-0.4, -0.2) is 32.2 Å². The Morgan fingerprint density at radius 3 is 2.80 bits per heavy atom. The molecule has 0 bridgehead atoms. The van der Waals surface area contributed by atoms with Crippen molar-refractivity contribution in [3.8, 4) is 11.4 Å². The topological polar surface area (TPSA) is 63.9 Å². The van der Waals surface area contributed by atoms with Crippen LogP contribution in [0, 0.1) is 0 Å². The van der Waals surface area contributed by atoms with Gasteiger partial charge in [0.1, 0.15) is 6.54 Å². The van der Waals surface area contributed by atoms with E-state index in [4.69, 9.17) is 0 Å². The van der Waals surface area contributed by atoms with Crippen LogP contribution in [0.2, 0.25) is 0 Å². The Balaban J connectivity index is 1.56. The second kappa shape index (κ2) is 6.40. The number of anilines is 1. The zero-order chi connectivity index (χ0) is 17.4. The summed E-state index contributed by atoms with van der Waals surface area (Å²) in [5.41, 5.74) is 3.02. The van der Waals surface area contributed by atoms with Crippen LogP contribution in [0.1, 0.15) is 12.5 Å². The number of rotatable bonds is 3. The molecule has 0 radical (unpaired) electrons. The Hall–Kier alpha value is -2.54. The van der Waals surface area contributed by atoms with Crippen LogP contribution >= 0.6 is 15.9 Å². The average molecular weight is 398 g/mol. The van der Waals surface area contributed by atoms with Gasteiger partial charge in [0.15, 0.2) is 0 Å². The van der Waals surface area contributed by atoms with Gasteiger partial charge in [0, 0.05) is 21.8 Å². The van der Waals surface area contributed by atoms with E-state index < -0.39 is 0 Å². The number of fused-ring (bicyclic) bond motifs is 1. The summed E-state index contributed by atoms with van der Waals surface area (Å²) in [7, 11) is 0. The van der Waals surface area contributed by atoms with Gasteiger partial charge in [-0.05, 0) is 42.3 Å². The van der Waals surface area contributed by atoms with Crippen molar-refractivity contribution >= 4 is 27.5 Å². The van der Waals surface area contributed by atoms with E-state index in [2.05, 4.69) is 44.3 Å². The van der Waals surface area contributed by atoms with Gasteiger partial charge in [-0.15, -0.1) is 10.2 Å². The lowest BCUT2D eigenvalue weighted by atomic mass is 10.1. The lowest BCUT2D eigenvalue weighted by molar-refractivity contribution is -0.119. The molecule has 3 aromatic rings. The molecule has 25 heavy (non-hydrogen) atoms. The number of benzene rings is 2. The quantitative estimate of drug-likeness (QED) is 0.680. The molecule has 0 unspecified atom stereocenters. The number of aromatic nitrogens is 4. The Labute approximate surface area is 153 Å². The van der Waals surface area contributed by atoms with Crippen molar-refractivity contribution in [3.05, 3.63) is 58.6 Å². The molecule has 0 saturated carbocycles. The molecule has 7 heteroatoms. The third kappa shape index (κ3) is 2.95. The third-order valence-electron chi connectivity index (χ3n) is 4.32. The molecule has 0 fully saturated rings. The first-order valence-corrected chi connectivity index (χ1v) is 8.85. The van der Waals surface area contributed by atoms with Crippen LogP contribution in [0.15, 0.2) is 53.0 Å². The molecule has 1 amide bonds. The van der Waals surface area contributed by atoms with Gasteiger partial charge in [0.25, 0.3) is 5.91 Å². The molecule has 0 N–H and O–H groups in total. The minimum absolute atomic E-state index is 0.0338. The Morgan fingerprint density at radius 2 is 1.96 bits per heavy atom. The minimum Gasteiger partial charge on any atom is -0.307 e. The molecular formula is C18H16BrN5O. The molecule has 4 rings (SSSR count). The number of amides is 1. The lowest BCUT2D eigenvalue weighted by Crippen LogP contribution is -2.38. The second-order valence-electron chi connectivity index (χ2n) is 6.07. The van der Waals surface area contributed by atoms with E-state index in [0.717, 1.165) is 22.1 Å². The maximum absolute atomic E-state index is 12.8. The summed E-state index contributed by atoms with van der Waals surface area (Å²) in [6, 6.07) is 15.8. The maximum atomic E-state index is 12.8. The van der Waals surface area contributed by atoms with Crippen molar-refractivity contribution in [2.75, 3.05) is 4.90 Å². The molecule has 1 aliphatic rings. The number of hydrogen-bond donors (Lipinski definition) is 0. The highest BCUT2D eigenvalue weighted by Gasteiger charge is 2.30. The normalized spacial score (nSPS) is 16.1. The number of nitrogens with zero attached hydrogens (tertiary/aromatic N) is 5. The van der Waals surface area contributed by atoms with E-state index >= 15 is 0 Å². The molecule has 1 aromatic heterocycles. The van der Waals surface area contributed by atoms with Crippen LogP contribution < -0.4 is 4.90 Å².